The van der Waals surface area contributed by atoms with Gasteiger partial charge in [-0.3, -0.25) is 4.79 Å². The lowest BCUT2D eigenvalue weighted by Crippen LogP contribution is -2.21. The van der Waals surface area contributed by atoms with Crippen LogP contribution in [0.5, 0.6) is 11.5 Å². The van der Waals surface area contributed by atoms with Gasteiger partial charge in [-0.2, -0.15) is 8.78 Å². The second-order valence-electron chi connectivity index (χ2n) is 6.57. The van der Waals surface area contributed by atoms with Crippen LogP contribution in [-0.2, 0) is 17.6 Å². The Labute approximate surface area is 164 Å². The molecule has 1 aromatic heterocycles. The van der Waals surface area contributed by atoms with E-state index in [0.29, 0.717) is 11.3 Å². The second kappa shape index (κ2) is 7.90. The molecule has 1 heterocycles. The molecule has 0 fully saturated rings. The van der Waals surface area contributed by atoms with E-state index in [2.05, 4.69) is 10.1 Å². The molecule has 0 atom stereocenters. The summed E-state index contributed by atoms with van der Waals surface area (Å²) in [4.78, 5) is 24.2. The number of fused-ring (bicyclic) bond motifs is 3. The predicted molar refractivity (Wildman–Crippen MR) is 102 cm³/mol. The maximum atomic E-state index is 12.5. The number of nitrogens with one attached hydrogen (secondary N) is 1. The molecular weight excluding hydrogens is 384 g/mol. The summed E-state index contributed by atoms with van der Waals surface area (Å²) >= 11 is 0. The van der Waals surface area contributed by atoms with Gasteiger partial charge in [0.1, 0.15) is 17.1 Å². The smallest absolute Gasteiger partial charge is 0.387 e. The maximum absolute atomic E-state index is 12.5. The van der Waals surface area contributed by atoms with Crippen molar-refractivity contribution in [2.45, 2.75) is 25.9 Å². The van der Waals surface area contributed by atoms with Crippen molar-refractivity contribution >= 4 is 22.6 Å². The summed E-state index contributed by atoms with van der Waals surface area (Å²) in [7, 11) is 0. The molecule has 3 aromatic rings. The van der Waals surface area contributed by atoms with E-state index >= 15 is 0 Å². The summed E-state index contributed by atoms with van der Waals surface area (Å²) in [5, 5.41) is 3.34. The Morgan fingerprint density at radius 3 is 2.76 bits per heavy atom. The minimum Gasteiger partial charge on any atom is -0.484 e. The van der Waals surface area contributed by atoms with Gasteiger partial charge >= 0.3 is 12.2 Å². The number of ether oxygens (including phenoxy) is 2. The Bertz CT molecular complexity index is 1130. The van der Waals surface area contributed by atoms with Crippen LogP contribution in [0.15, 0.2) is 51.7 Å². The molecule has 0 saturated carbocycles. The molecule has 29 heavy (non-hydrogen) atoms. The fourth-order valence-electron chi connectivity index (χ4n) is 3.46. The lowest BCUT2D eigenvalue weighted by atomic mass is 10.1. The van der Waals surface area contributed by atoms with Crippen LogP contribution in [0.25, 0.3) is 11.0 Å². The molecule has 1 aliphatic carbocycles. The van der Waals surface area contributed by atoms with Gasteiger partial charge in [0.25, 0.3) is 5.91 Å². The van der Waals surface area contributed by atoms with Crippen molar-refractivity contribution < 1.29 is 27.5 Å². The Hall–Kier alpha value is -3.42. The average Bonchev–Trinajstić information content (AvgIpc) is 3.18. The van der Waals surface area contributed by atoms with Crippen LogP contribution in [0.2, 0.25) is 0 Å². The third-order valence-electron chi connectivity index (χ3n) is 4.69. The number of alkyl halides is 2. The molecule has 0 aliphatic heterocycles. The fourth-order valence-corrected chi connectivity index (χ4v) is 3.46. The number of amides is 1. The average molecular weight is 401 g/mol. The van der Waals surface area contributed by atoms with Crippen molar-refractivity contribution in [2.24, 2.45) is 0 Å². The molecular formula is C21H17F2NO5. The zero-order valence-electron chi connectivity index (χ0n) is 15.2. The van der Waals surface area contributed by atoms with Crippen LogP contribution in [0, 0.1) is 0 Å². The first-order valence-corrected chi connectivity index (χ1v) is 9.06. The standard InChI is InChI=1S/C21H17F2NO5/c22-21(23)29-17-7-2-1-6-16(17)24-19(25)11-27-12-8-9-14-13-4-3-5-15(13)20(26)28-18(14)10-12/h1-2,6-10,21H,3-5,11H2,(H,24,25). The normalized spacial score (nSPS) is 12.8. The number of hydrogen-bond acceptors (Lipinski definition) is 5. The van der Waals surface area contributed by atoms with Crippen LogP contribution in [0.3, 0.4) is 0 Å². The monoisotopic (exact) mass is 401 g/mol. The Kier molecular flexibility index (Phi) is 5.16. The van der Waals surface area contributed by atoms with E-state index in [0.717, 1.165) is 35.8 Å². The largest absolute Gasteiger partial charge is 0.484 e. The number of rotatable bonds is 6. The SMILES string of the molecule is O=C(COc1ccc2c3c(c(=O)oc2c1)CCC3)Nc1ccccc1OC(F)F. The number of carbonyl (C=O) groups excluding carboxylic acids is 1. The van der Waals surface area contributed by atoms with Gasteiger partial charge in [0.2, 0.25) is 0 Å². The van der Waals surface area contributed by atoms with E-state index in [-0.39, 0.29) is 23.7 Å². The zero-order chi connectivity index (χ0) is 20.4. The third kappa shape index (κ3) is 4.06. The van der Waals surface area contributed by atoms with E-state index in [4.69, 9.17) is 9.15 Å². The van der Waals surface area contributed by atoms with Crippen molar-refractivity contribution in [3.05, 3.63) is 64.0 Å². The molecule has 1 N–H and O–H groups in total. The van der Waals surface area contributed by atoms with Crippen LogP contribution in [0.4, 0.5) is 14.5 Å². The van der Waals surface area contributed by atoms with Crippen LogP contribution >= 0.6 is 0 Å². The molecule has 1 aliphatic rings. The van der Waals surface area contributed by atoms with Crippen molar-refractivity contribution in [3.8, 4) is 11.5 Å². The molecule has 0 radical (unpaired) electrons. The fraction of sp³-hybridized carbons (Fsp3) is 0.238. The highest BCUT2D eigenvalue weighted by molar-refractivity contribution is 5.93. The summed E-state index contributed by atoms with van der Waals surface area (Å²) in [6, 6.07) is 10.9. The summed E-state index contributed by atoms with van der Waals surface area (Å²) in [6.07, 6.45) is 2.48. The predicted octanol–water partition coefficient (Wildman–Crippen LogP) is 3.90. The molecule has 0 spiro atoms. The number of carbonyl (C=O) groups is 1. The van der Waals surface area contributed by atoms with E-state index in [1.165, 1.54) is 18.2 Å². The molecule has 0 saturated heterocycles. The van der Waals surface area contributed by atoms with Gasteiger partial charge < -0.3 is 19.2 Å². The molecule has 6 nitrogen and oxygen atoms in total. The third-order valence-corrected chi connectivity index (χ3v) is 4.69. The van der Waals surface area contributed by atoms with E-state index in [1.54, 1.807) is 24.3 Å². The number of anilines is 1. The molecule has 8 heteroatoms. The van der Waals surface area contributed by atoms with Gasteiger partial charge in [-0.1, -0.05) is 12.1 Å². The Morgan fingerprint density at radius 1 is 1.14 bits per heavy atom. The first kappa shape index (κ1) is 18.9. The van der Waals surface area contributed by atoms with Gasteiger partial charge in [-0.05, 0) is 49.1 Å². The highest BCUT2D eigenvalue weighted by Crippen LogP contribution is 2.30. The quantitative estimate of drug-likeness (QED) is 0.634. The highest BCUT2D eigenvalue weighted by atomic mass is 19.3. The number of halogens is 2. The highest BCUT2D eigenvalue weighted by Gasteiger charge is 2.20. The van der Waals surface area contributed by atoms with Gasteiger partial charge in [0.05, 0.1) is 5.69 Å². The molecule has 4 rings (SSSR count). The first-order chi connectivity index (χ1) is 14.0. The minimum atomic E-state index is -3.00. The van der Waals surface area contributed by atoms with Gasteiger partial charge in [0.15, 0.2) is 6.61 Å². The lowest BCUT2D eigenvalue weighted by Gasteiger charge is -2.12. The number of para-hydroxylation sites is 2. The number of benzene rings is 2. The van der Waals surface area contributed by atoms with Gasteiger partial charge in [-0.15, -0.1) is 0 Å². The van der Waals surface area contributed by atoms with Crippen LogP contribution in [-0.4, -0.2) is 19.1 Å². The van der Waals surface area contributed by atoms with Crippen LogP contribution < -0.4 is 20.4 Å². The lowest BCUT2D eigenvalue weighted by molar-refractivity contribution is -0.118. The van der Waals surface area contributed by atoms with Gasteiger partial charge in [0, 0.05) is 17.0 Å². The first-order valence-electron chi connectivity index (χ1n) is 9.06. The zero-order valence-corrected chi connectivity index (χ0v) is 15.2. The summed E-state index contributed by atoms with van der Waals surface area (Å²) < 4.78 is 40.1. The second-order valence-corrected chi connectivity index (χ2v) is 6.57. The van der Waals surface area contributed by atoms with E-state index in [9.17, 15) is 18.4 Å². The van der Waals surface area contributed by atoms with E-state index in [1.807, 2.05) is 0 Å². The van der Waals surface area contributed by atoms with E-state index < -0.39 is 12.5 Å². The van der Waals surface area contributed by atoms with Crippen molar-refractivity contribution in [2.75, 3.05) is 11.9 Å². The number of aryl methyl sites for hydroxylation is 1. The Balaban J connectivity index is 1.46. The van der Waals surface area contributed by atoms with Crippen molar-refractivity contribution in [1.82, 2.24) is 0 Å². The topological polar surface area (TPSA) is 77.8 Å². The van der Waals surface area contributed by atoms with Crippen molar-refractivity contribution in [3.63, 3.8) is 0 Å². The summed E-state index contributed by atoms with van der Waals surface area (Å²) in [5.41, 5.74) is 1.92. The molecule has 1 amide bonds. The van der Waals surface area contributed by atoms with Crippen molar-refractivity contribution in [1.29, 1.82) is 0 Å². The minimum absolute atomic E-state index is 0.112. The number of hydrogen-bond donors (Lipinski definition) is 1. The molecule has 2 aromatic carbocycles. The van der Waals surface area contributed by atoms with Gasteiger partial charge in [-0.25, -0.2) is 4.79 Å². The van der Waals surface area contributed by atoms with Crippen LogP contribution in [0.1, 0.15) is 17.5 Å². The molecule has 0 bridgehead atoms. The molecule has 0 unspecified atom stereocenters. The maximum Gasteiger partial charge on any atom is 0.387 e. The summed E-state index contributed by atoms with van der Waals surface area (Å²) in [5.74, 6) is -0.339. The molecule has 150 valence electrons. The summed E-state index contributed by atoms with van der Waals surface area (Å²) in [6.45, 7) is -3.36. The Morgan fingerprint density at radius 2 is 1.93 bits per heavy atom.